The van der Waals surface area contributed by atoms with Gasteiger partial charge in [-0.05, 0) is 64.2 Å². The Balaban J connectivity index is 2.21. The van der Waals surface area contributed by atoms with E-state index in [4.69, 9.17) is 18.9 Å². The molecule has 1 aliphatic heterocycles. The summed E-state index contributed by atoms with van der Waals surface area (Å²) in [6.45, 7) is 5.79. The molecule has 6 atom stereocenters. The molecule has 0 radical (unpaired) electrons. The minimum atomic E-state index is -1.46. The summed E-state index contributed by atoms with van der Waals surface area (Å²) in [5.41, 5.74) is 0. The number of hydrogen-bond acceptors (Lipinski definition) is 8. The molecule has 1 saturated heterocycles. The van der Waals surface area contributed by atoms with Gasteiger partial charge in [0.25, 0.3) is 0 Å². The zero-order valence-electron chi connectivity index (χ0n) is 34.5. The third-order valence-electron chi connectivity index (χ3n) is 10.4. The third-order valence-corrected chi connectivity index (χ3v) is 10.4. The number of ether oxygens (including phenoxy) is 4. The first-order valence-corrected chi connectivity index (χ1v) is 22.5. The molecule has 4 N–H and O–H groups in total. The Kier molecular flexibility index (Phi) is 36.0. The largest absolute Gasteiger partial charge is 0.394 e. The first-order valence-electron chi connectivity index (χ1n) is 22.5. The minimum Gasteiger partial charge on any atom is -0.394 e. The molecule has 0 aromatic heterocycles. The Morgan fingerprint density at radius 3 is 1.36 bits per heavy atom. The number of rotatable bonds is 39. The summed E-state index contributed by atoms with van der Waals surface area (Å²) in [5, 5.41) is 40.1. The van der Waals surface area contributed by atoms with Crippen LogP contribution in [0, 0.1) is 0 Å². The van der Waals surface area contributed by atoms with Gasteiger partial charge in [-0.25, -0.2) is 0 Å². The normalized spacial score (nSPS) is 21.4. The van der Waals surface area contributed by atoms with E-state index in [0.717, 1.165) is 25.7 Å². The van der Waals surface area contributed by atoms with Crippen LogP contribution in [-0.2, 0) is 18.9 Å². The summed E-state index contributed by atoms with van der Waals surface area (Å²) in [5.74, 6) is 0. The van der Waals surface area contributed by atoms with Crippen LogP contribution in [0.2, 0.25) is 0 Å². The van der Waals surface area contributed by atoms with E-state index >= 15 is 0 Å². The Morgan fingerprint density at radius 2 is 0.906 bits per heavy atom. The van der Waals surface area contributed by atoms with Crippen LogP contribution >= 0.6 is 0 Å². The Morgan fingerprint density at radius 1 is 0.491 bits per heavy atom. The number of aliphatic hydroxyl groups is 4. The van der Waals surface area contributed by atoms with Crippen LogP contribution in [0.3, 0.4) is 0 Å². The molecule has 0 aliphatic carbocycles. The number of allylic oxidation sites excluding steroid dienone is 4. The van der Waals surface area contributed by atoms with E-state index in [2.05, 4.69) is 38.2 Å². The maximum atomic E-state index is 10.4. The van der Waals surface area contributed by atoms with Crippen molar-refractivity contribution in [2.45, 2.75) is 230 Å². The van der Waals surface area contributed by atoms with E-state index in [1.807, 2.05) is 0 Å². The SMILES string of the molecule is CCCCCCCC/C=C\CCCCCCCCOCC(CO[C@@H]1O[C@H](CO)[C@H](O)[C@H](O)[C@H]1O)OCCCCCCCC/C=C\CCCCCCCC. The molecule has 1 heterocycles. The second kappa shape index (κ2) is 38.1. The summed E-state index contributed by atoms with van der Waals surface area (Å²) in [7, 11) is 0. The van der Waals surface area contributed by atoms with Crippen molar-refractivity contribution in [2.24, 2.45) is 0 Å². The van der Waals surface area contributed by atoms with Gasteiger partial charge in [-0.3, -0.25) is 0 Å². The molecule has 0 amide bonds. The Labute approximate surface area is 326 Å². The van der Waals surface area contributed by atoms with Gasteiger partial charge in [0, 0.05) is 13.2 Å². The van der Waals surface area contributed by atoms with E-state index in [-0.39, 0.29) is 12.7 Å². The van der Waals surface area contributed by atoms with Crippen LogP contribution in [-0.4, -0.2) is 90.3 Å². The summed E-state index contributed by atoms with van der Waals surface area (Å²) in [6.07, 6.45) is 38.1. The first kappa shape index (κ1) is 50.2. The van der Waals surface area contributed by atoms with Crippen LogP contribution in [0.5, 0.6) is 0 Å². The van der Waals surface area contributed by atoms with Crippen molar-refractivity contribution in [1.82, 2.24) is 0 Å². The highest BCUT2D eigenvalue weighted by Crippen LogP contribution is 2.22. The van der Waals surface area contributed by atoms with Crippen molar-refractivity contribution in [3.63, 3.8) is 0 Å². The minimum absolute atomic E-state index is 0.114. The van der Waals surface area contributed by atoms with Gasteiger partial charge in [-0.15, -0.1) is 0 Å². The van der Waals surface area contributed by atoms with Crippen LogP contribution in [0.15, 0.2) is 24.3 Å². The van der Waals surface area contributed by atoms with Crippen molar-refractivity contribution in [2.75, 3.05) is 33.0 Å². The molecule has 0 aromatic rings. The zero-order valence-corrected chi connectivity index (χ0v) is 34.5. The molecule has 0 bridgehead atoms. The second-order valence-electron chi connectivity index (χ2n) is 15.5. The number of aliphatic hydroxyl groups excluding tert-OH is 4. The molecule has 1 aliphatic rings. The smallest absolute Gasteiger partial charge is 0.186 e. The highest BCUT2D eigenvalue weighted by atomic mass is 16.7. The molecule has 314 valence electrons. The van der Waals surface area contributed by atoms with Gasteiger partial charge >= 0.3 is 0 Å². The van der Waals surface area contributed by atoms with Gasteiger partial charge in [0.05, 0.1) is 19.8 Å². The predicted octanol–water partition coefficient (Wildman–Crippen LogP) is 10.3. The van der Waals surface area contributed by atoms with E-state index in [1.54, 1.807) is 0 Å². The second-order valence-corrected chi connectivity index (χ2v) is 15.5. The van der Waals surface area contributed by atoms with Crippen LogP contribution in [0.25, 0.3) is 0 Å². The fraction of sp³-hybridized carbons (Fsp3) is 0.911. The summed E-state index contributed by atoms with van der Waals surface area (Å²) >= 11 is 0. The molecule has 1 fully saturated rings. The molecule has 8 nitrogen and oxygen atoms in total. The molecular weight excluding hydrogens is 668 g/mol. The maximum absolute atomic E-state index is 10.4. The lowest BCUT2D eigenvalue weighted by Crippen LogP contribution is -2.59. The highest BCUT2D eigenvalue weighted by molar-refractivity contribution is 4.89. The Hall–Kier alpha value is -0.840. The summed E-state index contributed by atoms with van der Waals surface area (Å²) in [6, 6.07) is 0. The topological polar surface area (TPSA) is 118 Å². The van der Waals surface area contributed by atoms with E-state index in [0.29, 0.717) is 19.8 Å². The van der Waals surface area contributed by atoms with Crippen molar-refractivity contribution in [1.29, 1.82) is 0 Å². The fourth-order valence-corrected chi connectivity index (χ4v) is 6.82. The standard InChI is InChI=1S/C45H86O8/c1-3-5-7-9-11-13-15-17-19-21-23-25-27-29-31-33-35-50-38-40(39-52-45-44(49)43(48)42(47)41(37-46)53-45)51-36-34-32-30-28-26-24-22-20-18-16-14-12-10-8-6-4-2/h17-20,40-49H,3-16,21-39H2,1-2H3/b19-17-,20-18-/t40?,41-,42+,43+,44-,45-/m1/s1. The van der Waals surface area contributed by atoms with Gasteiger partial charge in [0.2, 0.25) is 0 Å². The number of hydrogen-bond donors (Lipinski definition) is 4. The molecule has 0 saturated carbocycles. The lowest BCUT2D eigenvalue weighted by Gasteiger charge is -2.39. The molecule has 0 aromatic carbocycles. The van der Waals surface area contributed by atoms with Gasteiger partial charge in [-0.2, -0.15) is 0 Å². The average Bonchev–Trinajstić information content (AvgIpc) is 3.17. The summed E-state index contributed by atoms with van der Waals surface area (Å²) < 4.78 is 23.5. The summed E-state index contributed by atoms with van der Waals surface area (Å²) in [4.78, 5) is 0. The lowest BCUT2D eigenvalue weighted by atomic mass is 9.99. The van der Waals surface area contributed by atoms with Crippen molar-refractivity contribution < 1.29 is 39.4 Å². The number of unbranched alkanes of at least 4 members (excludes halogenated alkanes) is 24. The lowest BCUT2D eigenvalue weighted by molar-refractivity contribution is -0.306. The third kappa shape index (κ3) is 29.1. The molecule has 1 rings (SSSR count). The quantitative estimate of drug-likeness (QED) is 0.0362. The van der Waals surface area contributed by atoms with Crippen LogP contribution < -0.4 is 0 Å². The molecule has 1 unspecified atom stereocenters. The monoisotopic (exact) mass is 755 g/mol. The van der Waals surface area contributed by atoms with Gasteiger partial charge in [0.15, 0.2) is 6.29 Å². The van der Waals surface area contributed by atoms with Crippen LogP contribution in [0.4, 0.5) is 0 Å². The predicted molar refractivity (Wildman–Crippen MR) is 219 cm³/mol. The average molecular weight is 755 g/mol. The van der Waals surface area contributed by atoms with E-state index < -0.39 is 37.3 Å². The van der Waals surface area contributed by atoms with Gasteiger partial charge in [-0.1, -0.05) is 154 Å². The first-order chi connectivity index (χ1) is 26.0. The Bertz CT molecular complexity index is 805. The van der Waals surface area contributed by atoms with Gasteiger partial charge < -0.3 is 39.4 Å². The van der Waals surface area contributed by atoms with Crippen molar-refractivity contribution in [3.05, 3.63) is 24.3 Å². The molecular formula is C45H86O8. The highest BCUT2D eigenvalue weighted by Gasteiger charge is 2.44. The van der Waals surface area contributed by atoms with E-state index in [1.165, 1.54) is 154 Å². The molecule has 0 spiro atoms. The van der Waals surface area contributed by atoms with Crippen LogP contribution in [0.1, 0.15) is 194 Å². The van der Waals surface area contributed by atoms with Crippen molar-refractivity contribution >= 4 is 0 Å². The molecule has 8 heteroatoms. The molecule has 53 heavy (non-hydrogen) atoms. The zero-order chi connectivity index (χ0) is 38.5. The fourth-order valence-electron chi connectivity index (χ4n) is 6.82. The van der Waals surface area contributed by atoms with Gasteiger partial charge in [0.1, 0.15) is 30.5 Å². The van der Waals surface area contributed by atoms with Crippen molar-refractivity contribution in [3.8, 4) is 0 Å². The van der Waals surface area contributed by atoms with E-state index in [9.17, 15) is 20.4 Å². The maximum Gasteiger partial charge on any atom is 0.186 e.